The molecule has 0 spiro atoms. The van der Waals surface area contributed by atoms with E-state index in [0.29, 0.717) is 0 Å². The second-order valence-corrected chi connectivity index (χ2v) is 11.1. The van der Waals surface area contributed by atoms with Gasteiger partial charge in [-0.2, -0.15) is 9.97 Å². The van der Waals surface area contributed by atoms with Crippen LogP contribution in [0.3, 0.4) is 0 Å². The first-order valence-electron chi connectivity index (χ1n) is 12.3. The highest BCUT2D eigenvalue weighted by molar-refractivity contribution is 7.51. The number of fused-ring (bicyclic) bond motifs is 1. The molecule has 3 rings (SSSR count). The SMILES string of the molecule is CCOC(=O)COP(=O)(N[C@H](C(=O)OC)C(C)C)OC[C@H]1O[C@@H](n2cnc3c(OC)nc(N)nc32)[C@](C)(O)[C@@H]1O. The number of esters is 2. The zero-order valence-corrected chi connectivity index (χ0v) is 23.9. The Bertz CT molecular complexity index is 1260. The normalized spacial score (nSPS) is 25.1. The van der Waals surface area contributed by atoms with Gasteiger partial charge in [-0.3, -0.25) is 18.4 Å². The Kier molecular flexibility index (Phi) is 10.1. The maximum Gasteiger partial charge on any atom is 0.406 e. The predicted octanol–water partition coefficient (Wildman–Crippen LogP) is -0.0820. The molecule has 3 heterocycles. The van der Waals surface area contributed by atoms with Crippen molar-refractivity contribution in [3.05, 3.63) is 6.33 Å². The molecule has 1 unspecified atom stereocenters. The molecule has 1 fully saturated rings. The van der Waals surface area contributed by atoms with Crippen LogP contribution in [0.4, 0.5) is 5.95 Å². The molecule has 17 nitrogen and oxygen atoms in total. The van der Waals surface area contributed by atoms with E-state index < -0.39 is 68.9 Å². The summed E-state index contributed by atoms with van der Waals surface area (Å²) < 4.78 is 46.4. The van der Waals surface area contributed by atoms with E-state index in [1.807, 2.05) is 0 Å². The number of nitrogens with two attached hydrogens (primary N) is 1. The number of carbonyl (C=O) groups excluding carboxylic acids is 2. The van der Waals surface area contributed by atoms with Crippen molar-refractivity contribution in [2.45, 2.75) is 57.8 Å². The van der Waals surface area contributed by atoms with E-state index in [9.17, 15) is 24.4 Å². The van der Waals surface area contributed by atoms with Crippen LogP contribution in [0, 0.1) is 5.92 Å². The Morgan fingerprint density at radius 1 is 1.30 bits per heavy atom. The van der Waals surface area contributed by atoms with Crippen LogP contribution in [0.15, 0.2) is 6.33 Å². The van der Waals surface area contributed by atoms with Crippen molar-refractivity contribution in [2.75, 3.05) is 39.8 Å². The summed E-state index contributed by atoms with van der Waals surface area (Å²) in [6.07, 6.45) is -2.80. The lowest BCUT2D eigenvalue weighted by Crippen LogP contribution is -2.45. The van der Waals surface area contributed by atoms with E-state index in [0.717, 1.165) is 7.11 Å². The van der Waals surface area contributed by atoms with Crippen LogP contribution in [0.1, 0.15) is 33.9 Å². The molecule has 0 radical (unpaired) electrons. The Balaban J connectivity index is 1.85. The first kappa shape index (κ1) is 31.6. The van der Waals surface area contributed by atoms with E-state index in [1.54, 1.807) is 20.8 Å². The molecule has 5 N–H and O–H groups in total. The summed E-state index contributed by atoms with van der Waals surface area (Å²) in [6, 6.07) is -1.14. The third kappa shape index (κ3) is 6.68. The number of anilines is 1. The van der Waals surface area contributed by atoms with Crippen LogP contribution in [-0.4, -0.2) is 99.6 Å². The highest BCUT2D eigenvalue weighted by Crippen LogP contribution is 2.47. The minimum atomic E-state index is -4.43. The largest absolute Gasteiger partial charge is 0.479 e. The van der Waals surface area contributed by atoms with Crippen molar-refractivity contribution in [3.8, 4) is 5.88 Å². The second kappa shape index (κ2) is 12.7. The van der Waals surface area contributed by atoms with Gasteiger partial charge in [0, 0.05) is 0 Å². The number of rotatable bonds is 13. The van der Waals surface area contributed by atoms with Crippen molar-refractivity contribution in [1.29, 1.82) is 0 Å². The fourth-order valence-electron chi connectivity index (χ4n) is 3.99. The van der Waals surface area contributed by atoms with Crippen LogP contribution < -0.4 is 15.6 Å². The summed E-state index contributed by atoms with van der Waals surface area (Å²) in [7, 11) is -1.90. The number of aliphatic hydroxyl groups excluding tert-OH is 1. The van der Waals surface area contributed by atoms with Gasteiger partial charge in [0.1, 0.15) is 23.9 Å². The summed E-state index contributed by atoms with van der Waals surface area (Å²) in [4.78, 5) is 36.4. The van der Waals surface area contributed by atoms with Gasteiger partial charge in [0.05, 0.1) is 33.8 Å². The molecule has 0 amide bonds. The topological polar surface area (TPSA) is 229 Å². The molecule has 0 aromatic carbocycles. The summed E-state index contributed by atoms with van der Waals surface area (Å²) in [5.74, 6) is -2.02. The number of nitrogens with zero attached hydrogens (tertiary/aromatic N) is 4. The van der Waals surface area contributed by atoms with E-state index in [1.165, 1.54) is 24.9 Å². The molecule has 224 valence electrons. The minimum absolute atomic E-state index is 0.0571. The Morgan fingerprint density at radius 3 is 2.60 bits per heavy atom. The third-order valence-corrected chi connectivity index (χ3v) is 7.65. The van der Waals surface area contributed by atoms with Crippen LogP contribution in [-0.2, 0) is 37.4 Å². The number of hydrogen-bond acceptors (Lipinski definition) is 15. The quantitative estimate of drug-likeness (QED) is 0.176. The highest BCUT2D eigenvalue weighted by Gasteiger charge is 2.54. The zero-order valence-electron chi connectivity index (χ0n) is 23.0. The molecular weight excluding hydrogens is 555 g/mol. The Morgan fingerprint density at radius 2 is 2.00 bits per heavy atom. The fourth-order valence-corrected chi connectivity index (χ4v) is 5.58. The summed E-state index contributed by atoms with van der Waals surface area (Å²) in [6.45, 7) is 4.92. The van der Waals surface area contributed by atoms with E-state index in [-0.39, 0.29) is 29.6 Å². The molecule has 2 aromatic heterocycles. The lowest BCUT2D eigenvalue weighted by Gasteiger charge is -2.28. The minimum Gasteiger partial charge on any atom is -0.479 e. The lowest BCUT2D eigenvalue weighted by molar-refractivity contribution is -0.145. The van der Waals surface area contributed by atoms with Gasteiger partial charge < -0.3 is 34.9 Å². The number of carbonyl (C=O) groups is 2. The molecule has 40 heavy (non-hydrogen) atoms. The maximum absolute atomic E-state index is 13.6. The lowest BCUT2D eigenvalue weighted by atomic mass is 9.96. The molecule has 1 aliphatic heterocycles. The number of methoxy groups -OCH3 is 2. The molecule has 0 saturated carbocycles. The van der Waals surface area contributed by atoms with Crippen molar-refractivity contribution in [3.63, 3.8) is 0 Å². The van der Waals surface area contributed by atoms with E-state index >= 15 is 0 Å². The molecule has 0 aliphatic carbocycles. The molecule has 1 aliphatic rings. The van der Waals surface area contributed by atoms with Gasteiger partial charge in [0.25, 0.3) is 0 Å². The first-order valence-corrected chi connectivity index (χ1v) is 13.8. The van der Waals surface area contributed by atoms with E-state index in [2.05, 4.69) is 20.0 Å². The zero-order chi connectivity index (χ0) is 29.8. The van der Waals surface area contributed by atoms with Gasteiger partial charge in [-0.15, -0.1) is 0 Å². The average molecular weight is 591 g/mol. The molecular formula is C22H35N6O11P. The molecule has 6 atom stereocenters. The number of aromatic nitrogens is 4. The van der Waals surface area contributed by atoms with Crippen LogP contribution in [0.25, 0.3) is 11.2 Å². The van der Waals surface area contributed by atoms with Crippen molar-refractivity contribution in [2.24, 2.45) is 5.92 Å². The average Bonchev–Trinajstić information content (AvgIpc) is 3.41. The van der Waals surface area contributed by atoms with Crippen molar-refractivity contribution < 1.29 is 52.4 Å². The van der Waals surface area contributed by atoms with E-state index in [4.69, 9.17) is 33.7 Å². The van der Waals surface area contributed by atoms with Crippen molar-refractivity contribution in [1.82, 2.24) is 24.6 Å². The number of imidazole rings is 1. The van der Waals surface area contributed by atoms with Crippen LogP contribution >= 0.6 is 7.75 Å². The highest BCUT2D eigenvalue weighted by atomic mass is 31.2. The third-order valence-electron chi connectivity index (χ3n) is 6.09. The molecule has 1 saturated heterocycles. The Labute approximate surface area is 229 Å². The second-order valence-electron chi connectivity index (χ2n) is 9.36. The van der Waals surface area contributed by atoms with Gasteiger partial charge in [0.2, 0.25) is 11.8 Å². The number of nitrogen functional groups attached to an aromatic ring is 1. The monoisotopic (exact) mass is 590 g/mol. The number of ether oxygens (including phenoxy) is 4. The fraction of sp³-hybridized carbons (Fsp3) is 0.682. The first-order chi connectivity index (χ1) is 18.8. The van der Waals surface area contributed by atoms with Gasteiger partial charge in [-0.25, -0.2) is 19.4 Å². The van der Waals surface area contributed by atoms with Gasteiger partial charge >= 0.3 is 19.7 Å². The smallest absolute Gasteiger partial charge is 0.406 e. The number of hydrogen-bond donors (Lipinski definition) is 4. The van der Waals surface area contributed by atoms with Crippen molar-refractivity contribution >= 4 is 36.8 Å². The maximum atomic E-state index is 13.6. The van der Waals surface area contributed by atoms with Crippen LogP contribution in [0.5, 0.6) is 5.88 Å². The summed E-state index contributed by atoms with van der Waals surface area (Å²) in [5.41, 5.74) is 4.23. The van der Waals surface area contributed by atoms with Gasteiger partial charge in [-0.05, 0) is 19.8 Å². The molecule has 0 bridgehead atoms. The molecule has 18 heteroatoms. The Hall–Kier alpha value is -2.92. The number of aliphatic hydroxyl groups is 2. The van der Waals surface area contributed by atoms with Crippen LogP contribution in [0.2, 0.25) is 0 Å². The number of nitrogens with one attached hydrogen (secondary N) is 1. The summed E-state index contributed by atoms with van der Waals surface area (Å²) in [5, 5.41) is 24.6. The van der Waals surface area contributed by atoms with Gasteiger partial charge in [-0.1, -0.05) is 13.8 Å². The predicted molar refractivity (Wildman–Crippen MR) is 137 cm³/mol. The molecule has 2 aromatic rings. The van der Waals surface area contributed by atoms with Gasteiger partial charge in [0.15, 0.2) is 24.0 Å². The summed E-state index contributed by atoms with van der Waals surface area (Å²) >= 11 is 0. The standard InChI is InChI=1S/C22H35N6O11P/c1-7-36-13(29)9-38-40(33,27-14(11(2)3)19(31)35-6)37-8-12-16(30)22(4,32)20(39-12)28-10-24-15-17(28)25-21(23)26-18(15)34-5/h10-12,14,16,20,30,32H,7-9H2,1-6H3,(H,27,33)(H2,23,25,26)/t12-,14+,16-,20-,22-,40?/m1/s1.